The molecule has 0 saturated carbocycles. The van der Waals surface area contributed by atoms with Gasteiger partial charge in [-0.25, -0.2) is 0 Å². The van der Waals surface area contributed by atoms with E-state index in [0.717, 1.165) is 0 Å². The summed E-state index contributed by atoms with van der Waals surface area (Å²) in [5, 5.41) is 0. The fourth-order valence-electron chi connectivity index (χ4n) is 2.17. The summed E-state index contributed by atoms with van der Waals surface area (Å²) in [5.74, 6) is 0. The fourth-order valence-corrected chi connectivity index (χ4v) is 2.17. The molecule has 0 heteroatoms. The summed E-state index contributed by atoms with van der Waals surface area (Å²) >= 11 is 0. The van der Waals surface area contributed by atoms with Crippen LogP contribution in [0.5, 0.6) is 0 Å². The number of rotatable bonds is 1. The Morgan fingerprint density at radius 2 is 1.59 bits per heavy atom. The molecule has 2 rings (SSSR count). The maximum Gasteiger partial charge on any atom is -0.0126 e. The monoisotopic (exact) mass is 224 g/mol. The molecule has 0 aromatic heterocycles. The summed E-state index contributed by atoms with van der Waals surface area (Å²) in [6.45, 7) is 8.97. The second-order valence-corrected chi connectivity index (χ2v) is 5.71. The molecule has 0 atom stereocenters. The molecule has 0 heterocycles. The Balaban J connectivity index is 2.40. The van der Waals surface area contributed by atoms with Gasteiger partial charge in [-0.15, -0.1) is 0 Å². The summed E-state index contributed by atoms with van der Waals surface area (Å²) in [6, 6.07) is 10.5. The van der Waals surface area contributed by atoms with Crippen molar-refractivity contribution in [3.8, 4) is 0 Å². The minimum atomic E-state index is 0.203. The van der Waals surface area contributed by atoms with Crippen LogP contribution in [0.25, 0.3) is 6.08 Å². The van der Waals surface area contributed by atoms with Gasteiger partial charge < -0.3 is 0 Å². The van der Waals surface area contributed by atoms with E-state index in [4.69, 9.17) is 0 Å². The van der Waals surface area contributed by atoms with Gasteiger partial charge in [0.25, 0.3) is 0 Å². The largest absolute Gasteiger partial charge is 0.0622 e. The highest BCUT2D eigenvalue weighted by Crippen LogP contribution is 2.38. The van der Waals surface area contributed by atoms with E-state index in [2.05, 4.69) is 76.3 Å². The molecule has 0 bridgehead atoms. The molecule has 0 unspecified atom stereocenters. The van der Waals surface area contributed by atoms with Crippen LogP contribution >= 0.6 is 0 Å². The molecular formula is C17H20. The Morgan fingerprint density at radius 3 is 2.18 bits per heavy atom. The molecule has 1 aliphatic carbocycles. The SMILES string of the molecule is CC1=CC(=Cc2ccccc2)C(C(C)(C)C)=C1. The van der Waals surface area contributed by atoms with Crippen molar-refractivity contribution in [1.29, 1.82) is 0 Å². The van der Waals surface area contributed by atoms with Crippen LogP contribution < -0.4 is 0 Å². The molecule has 1 aliphatic rings. The summed E-state index contributed by atoms with van der Waals surface area (Å²) in [5.41, 5.74) is 5.59. The molecule has 0 fully saturated rings. The smallest absolute Gasteiger partial charge is 0.0126 e. The molecule has 0 amide bonds. The summed E-state index contributed by atoms with van der Waals surface area (Å²) in [7, 11) is 0. The highest BCUT2D eigenvalue weighted by atomic mass is 14.3. The van der Waals surface area contributed by atoms with Gasteiger partial charge >= 0.3 is 0 Å². The molecule has 0 aliphatic heterocycles. The van der Waals surface area contributed by atoms with Crippen LogP contribution in [0, 0.1) is 5.41 Å². The van der Waals surface area contributed by atoms with Crippen molar-refractivity contribution in [3.63, 3.8) is 0 Å². The maximum absolute atomic E-state index is 2.30. The highest BCUT2D eigenvalue weighted by molar-refractivity contribution is 5.67. The van der Waals surface area contributed by atoms with Crippen molar-refractivity contribution in [3.05, 3.63) is 64.8 Å². The first-order valence-electron chi connectivity index (χ1n) is 6.14. The third-order valence-electron chi connectivity index (χ3n) is 3.00. The number of allylic oxidation sites excluding steroid dienone is 5. The van der Waals surface area contributed by atoms with Crippen molar-refractivity contribution in [1.82, 2.24) is 0 Å². The summed E-state index contributed by atoms with van der Waals surface area (Å²) < 4.78 is 0. The molecule has 88 valence electrons. The van der Waals surface area contributed by atoms with Crippen LogP contribution in [0.4, 0.5) is 0 Å². The van der Waals surface area contributed by atoms with Gasteiger partial charge in [0.2, 0.25) is 0 Å². The van der Waals surface area contributed by atoms with Crippen molar-refractivity contribution in [2.75, 3.05) is 0 Å². The fraction of sp³-hybridized carbons (Fsp3) is 0.294. The van der Waals surface area contributed by atoms with Crippen LogP contribution in [-0.2, 0) is 0 Å². The van der Waals surface area contributed by atoms with Crippen molar-refractivity contribution < 1.29 is 0 Å². The topological polar surface area (TPSA) is 0 Å². The molecule has 0 nitrogen and oxygen atoms in total. The minimum Gasteiger partial charge on any atom is -0.0622 e. The first kappa shape index (κ1) is 11.9. The minimum absolute atomic E-state index is 0.203. The number of benzene rings is 1. The third-order valence-corrected chi connectivity index (χ3v) is 3.00. The first-order valence-corrected chi connectivity index (χ1v) is 6.14. The van der Waals surface area contributed by atoms with E-state index in [1.807, 2.05) is 0 Å². The summed E-state index contributed by atoms with van der Waals surface area (Å²) in [6.07, 6.45) is 6.84. The predicted octanol–water partition coefficient (Wildman–Crippen LogP) is 5.00. The Labute approximate surface area is 104 Å². The van der Waals surface area contributed by atoms with Gasteiger partial charge in [-0.1, -0.05) is 68.8 Å². The van der Waals surface area contributed by atoms with Gasteiger partial charge in [0.05, 0.1) is 0 Å². The third kappa shape index (κ3) is 2.76. The van der Waals surface area contributed by atoms with Gasteiger partial charge in [-0.2, -0.15) is 0 Å². The van der Waals surface area contributed by atoms with E-state index in [1.54, 1.807) is 0 Å². The highest BCUT2D eigenvalue weighted by Gasteiger charge is 2.22. The van der Waals surface area contributed by atoms with Crippen LogP contribution in [-0.4, -0.2) is 0 Å². The van der Waals surface area contributed by atoms with Gasteiger partial charge in [0.1, 0.15) is 0 Å². The first-order chi connectivity index (χ1) is 7.97. The lowest BCUT2D eigenvalue weighted by Gasteiger charge is -2.22. The van der Waals surface area contributed by atoms with E-state index in [-0.39, 0.29) is 5.41 Å². The van der Waals surface area contributed by atoms with E-state index in [0.29, 0.717) is 0 Å². The van der Waals surface area contributed by atoms with Gasteiger partial charge in [0, 0.05) is 0 Å². The Morgan fingerprint density at radius 1 is 0.941 bits per heavy atom. The quantitative estimate of drug-likeness (QED) is 0.629. The molecule has 1 aromatic rings. The molecular weight excluding hydrogens is 204 g/mol. The Bertz CT molecular complexity index is 491. The standard InChI is InChI=1S/C17H20/c1-13-10-15(16(11-13)17(2,3)4)12-14-8-6-5-7-9-14/h5-12H,1-4H3. The Kier molecular flexibility index (Phi) is 3.06. The van der Waals surface area contributed by atoms with E-state index in [1.165, 1.54) is 22.3 Å². The number of hydrogen-bond acceptors (Lipinski definition) is 0. The Hall–Kier alpha value is -1.56. The maximum atomic E-state index is 2.30. The van der Waals surface area contributed by atoms with Crippen LogP contribution in [0.2, 0.25) is 0 Å². The van der Waals surface area contributed by atoms with Crippen LogP contribution in [0.3, 0.4) is 0 Å². The van der Waals surface area contributed by atoms with Gasteiger partial charge in [-0.05, 0) is 35.1 Å². The molecule has 0 radical (unpaired) electrons. The lowest BCUT2D eigenvalue weighted by molar-refractivity contribution is 0.514. The van der Waals surface area contributed by atoms with Crippen LogP contribution in [0.15, 0.2) is 59.2 Å². The predicted molar refractivity (Wildman–Crippen MR) is 75.7 cm³/mol. The average molecular weight is 224 g/mol. The normalized spacial score (nSPS) is 18.2. The molecule has 17 heavy (non-hydrogen) atoms. The second kappa shape index (κ2) is 4.37. The van der Waals surface area contributed by atoms with E-state index >= 15 is 0 Å². The summed E-state index contributed by atoms with van der Waals surface area (Å²) in [4.78, 5) is 0. The average Bonchev–Trinajstić information content (AvgIpc) is 2.60. The zero-order chi connectivity index (χ0) is 12.5. The van der Waals surface area contributed by atoms with E-state index in [9.17, 15) is 0 Å². The van der Waals surface area contributed by atoms with Crippen molar-refractivity contribution in [2.24, 2.45) is 5.41 Å². The number of hydrogen-bond donors (Lipinski definition) is 0. The van der Waals surface area contributed by atoms with Crippen molar-refractivity contribution in [2.45, 2.75) is 27.7 Å². The lowest BCUT2D eigenvalue weighted by atomic mass is 9.83. The van der Waals surface area contributed by atoms with Crippen LogP contribution in [0.1, 0.15) is 33.3 Å². The zero-order valence-electron chi connectivity index (χ0n) is 11.1. The molecule has 0 N–H and O–H groups in total. The molecule has 1 aromatic carbocycles. The van der Waals surface area contributed by atoms with Gasteiger partial charge in [0.15, 0.2) is 0 Å². The molecule has 0 spiro atoms. The molecule has 0 saturated heterocycles. The van der Waals surface area contributed by atoms with Gasteiger partial charge in [-0.3, -0.25) is 0 Å². The zero-order valence-corrected chi connectivity index (χ0v) is 11.1. The van der Waals surface area contributed by atoms with E-state index < -0.39 is 0 Å². The lowest BCUT2D eigenvalue weighted by Crippen LogP contribution is -2.09. The second-order valence-electron chi connectivity index (χ2n) is 5.71. The van der Waals surface area contributed by atoms with Crippen molar-refractivity contribution >= 4 is 6.08 Å².